The van der Waals surface area contributed by atoms with Crippen LogP contribution in [0.2, 0.25) is 0 Å². The van der Waals surface area contributed by atoms with Gasteiger partial charge in [0.1, 0.15) is 40.6 Å². The molecule has 0 radical (unpaired) electrons. The lowest BCUT2D eigenvalue weighted by Crippen LogP contribution is -2.42. The second-order valence-corrected chi connectivity index (χ2v) is 11.5. The van der Waals surface area contributed by atoms with Crippen molar-refractivity contribution in [2.45, 2.75) is 71.6 Å². The maximum absolute atomic E-state index is 12.7. The number of imidazole rings is 1. The van der Waals surface area contributed by atoms with Crippen molar-refractivity contribution >= 4 is 11.7 Å². The van der Waals surface area contributed by atoms with Crippen LogP contribution in [0.25, 0.3) is 16.9 Å². The molecule has 1 aliphatic rings. The van der Waals surface area contributed by atoms with E-state index in [1.165, 1.54) is 22.9 Å². The van der Waals surface area contributed by atoms with Crippen molar-refractivity contribution in [1.29, 1.82) is 5.26 Å². The zero-order valence-corrected chi connectivity index (χ0v) is 24.8. The first kappa shape index (κ1) is 30.6. The second kappa shape index (κ2) is 11.7. The zero-order valence-electron chi connectivity index (χ0n) is 24.8. The van der Waals surface area contributed by atoms with Crippen LogP contribution in [0.4, 0.5) is 18.0 Å². The summed E-state index contributed by atoms with van der Waals surface area (Å²) in [6.07, 6.45) is -0.911. The maximum atomic E-state index is 12.7. The number of halogens is 3. The predicted molar refractivity (Wildman–Crippen MR) is 150 cm³/mol. The number of hydrogen-bond donors (Lipinski definition) is 0. The summed E-state index contributed by atoms with van der Waals surface area (Å²) >= 11 is 0. The van der Waals surface area contributed by atoms with Crippen LogP contribution in [0, 0.1) is 18.3 Å². The number of rotatable bonds is 6. The molecule has 0 N–H and O–H groups in total. The minimum absolute atomic E-state index is 0.0183. The molecule has 1 fully saturated rings. The van der Waals surface area contributed by atoms with Crippen molar-refractivity contribution in [1.82, 2.24) is 34.3 Å². The number of nitrogens with zero attached hydrogens (tertiary/aromatic N) is 8. The van der Waals surface area contributed by atoms with Crippen molar-refractivity contribution in [3.05, 3.63) is 53.7 Å². The van der Waals surface area contributed by atoms with Gasteiger partial charge in [0.15, 0.2) is 0 Å². The first-order chi connectivity index (χ1) is 20.7. The van der Waals surface area contributed by atoms with Crippen molar-refractivity contribution in [3.63, 3.8) is 0 Å². The Morgan fingerprint density at radius 2 is 1.84 bits per heavy atom. The molecule has 232 valence electrons. The number of aromatic nitrogens is 6. The molecule has 1 saturated heterocycles. The van der Waals surface area contributed by atoms with Gasteiger partial charge in [0, 0.05) is 36.5 Å². The van der Waals surface area contributed by atoms with E-state index in [1.807, 2.05) is 32.4 Å². The molecule has 44 heavy (non-hydrogen) atoms. The smallest absolute Gasteiger partial charge is 0.471 e. The molecule has 15 heteroatoms. The molecule has 0 aromatic carbocycles. The molecule has 4 aromatic heterocycles. The van der Waals surface area contributed by atoms with Gasteiger partial charge in [-0.2, -0.15) is 5.26 Å². The van der Waals surface area contributed by atoms with Gasteiger partial charge in [-0.25, -0.2) is 14.5 Å². The Bertz CT molecular complexity index is 1710. The molecule has 0 aliphatic carbocycles. The van der Waals surface area contributed by atoms with E-state index in [-0.39, 0.29) is 23.7 Å². The Hall–Kier alpha value is -4.87. The fourth-order valence-corrected chi connectivity index (χ4v) is 5.05. The van der Waals surface area contributed by atoms with Gasteiger partial charge < -0.3 is 19.1 Å². The summed E-state index contributed by atoms with van der Waals surface area (Å²) in [4.78, 5) is 22.4. The summed E-state index contributed by atoms with van der Waals surface area (Å²) in [5.74, 6) is -0.255. The first-order valence-corrected chi connectivity index (χ1v) is 13.9. The highest BCUT2D eigenvalue weighted by Crippen LogP contribution is 2.33. The highest BCUT2D eigenvalue weighted by molar-refractivity contribution is 5.69. The maximum Gasteiger partial charge on any atom is 0.573 e. The minimum Gasteiger partial charge on any atom is -0.471 e. The third-order valence-electron chi connectivity index (χ3n) is 7.09. The normalized spacial score (nSPS) is 15.2. The molecule has 5 rings (SSSR count). The quantitative estimate of drug-likeness (QED) is 0.266. The fourth-order valence-electron chi connectivity index (χ4n) is 5.05. The summed E-state index contributed by atoms with van der Waals surface area (Å²) in [7, 11) is 0. The van der Waals surface area contributed by atoms with Gasteiger partial charge in [-0.3, -0.25) is 9.38 Å². The third-order valence-corrected chi connectivity index (χ3v) is 7.09. The Labute approximate surface area is 251 Å². The van der Waals surface area contributed by atoms with Crippen LogP contribution >= 0.6 is 0 Å². The van der Waals surface area contributed by atoms with Crippen LogP contribution in [0.3, 0.4) is 0 Å². The molecular weight excluding hydrogens is 581 g/mol. The van der Waals surface area contributed by atoms with Crippen LogP contribution in [0.15, 0.2) is 36.8 Å². The van der Waals surface area contributed by atoms with Gasteiger partial charge in [-0.15, -0.1) is 18.3 Å². The average Bonchev–Trinajstić information content (AvgIpc) is 3.54. The topological polar surface area (TPSA) is 133 Å². The highest BCUT2D eigenvalue weighted by atomic mass is 19.4. The van der Waals surface area contributed by atoms with Gasteiger partial charge in [0.25, 0.3) is 0 Å². The second-order valence-electron chi connectivity index (χ2n) is 11.5. The van der Waals surface area contributed by atoms with E-state index in [9.17, 15) is 23.2 Å². The number of carbonyl (C=O) groups excluding carboxylic acids is 1. The lowest BCUT2D eigenvalue weighted by Gasteiger charge is -2.33. The number of pyridine rings is 2. The summed E-state index contributed by atoms with van der Waals surface area (Å²) in [6.45, 7) is 10.1. The number of hydrogen-bond acceptors (Lipinski definition) is 9. The number of amides is 1. The van der Waals surface area contributed by atoms with E-state index in [0.29, 0.717) is 48.4 Å². The van der Waals surface area contributed by atoms with Crippen LogP contribution in [0.5, 0.6) is 11.6 Å². The molecule has 1 atom stereocenters. The SMILES string of the molecule is Cc1c(-c2cc(OC(C)c3cncc(OC(F)(F)F)c3)n3c(C#N)cnc3c2)nnn1C1CCN(C(=O)OC(C)(C)C)CC1. The molecular formula is C29H31F3N8O4. The number of ether oxygens (including phenoxy) is 3. The van der Waals surface area contributed by atoms with E-state index in [0.717, 1.165) is 11.9 Å². The number of carbonyl (C=O) groups is 1. The Morgan fingerprint density at radius 3 is 2.50 bits per heavy atom. The zero-order chi connectivity index (χ0) is 31.8. The number of piperidine rings is 1. The molecule has 1 unspecified atom stereocenters. The third kappa shape index (κ3) is 6.69. The van der Waals surface area contributed by atoms with E-state index in [1.54, 1.807) is 24.0 Å². The minimum atomic E-state index is -4.87. The van der Waals surface area contributed by atoms with Crippen molar-refractivity contribution in [2.75, 3.05) is 13.1 Å². The number of alkyl halides is 3. The predicted octanol–water partition coefficient (Wildman–Crippen LogP) is 5.78. The van der Waals surface area contributed by atoms with Crippen molar-refractivity contribution in [3.8, 4) is 29.0 Å². The summed E-state index contributed by atoms with van der Waals surface area (Å²) in [5, 5.41) is 18.5. The van der Waals surface area contributed by atoms with Crippen LogP contribution in [0.1, 0.15) is 69.6 Å². The standard InChI is InChI=1S/C29H31F3N8O4/c1-17-26(36-37-40(17)21-6-8-38(9-7-21)27(41)44-28(3,4)5)19-11-24-35-15-22(13-33)39(24)25(12-19)42-18(2)20-10-23(16-34-14-20)43-29(30,31)32/h10-12,14-16,18,21H,6-9H2,1-5H3. The summed E-state index contributed by atoms with van der Waals surface area (Å²) < 4.78 is 57.3. The number of nitriles is 1. The molecule has 5 heterocycles. The average molecular weight is 613 g/mol. The molecule has 0 bridgehead atoms. The van der Waals surface area contributed by atoms with Gasteiger partial charge in [-0.1, -0.05) is 5.21 Å². The van der Waals surface area contributed by atoms with Gasteiger partial charge in [0.05, 0.1) is 24.1 Å². The lowest BCUT2D eigenvalue weighted by atomic mass is 10.0. The molecule has 4 aromatic rings. The van der Waals surface area contributed by atoms with Crippen LogP contribution in [-0.4, -0.2) is 65.4 Å². The van der Waals surface area contributed by atoms with Crippen LogP contribution < -0.4 is 9.47 Å². The Kier molecular flexibility index (Phi) is 8.11. The van der Waals surface area contributed by atoms with Gasteiger partial charge in [0.2, 0.25) is 5.88 Å². The first-order valence-electron chi connectivity index (χ1n) is 13.9. The van der Waals surface area contributed by atoms with E-state index < -0.39 is 23.8 Å². The Morgan fingerprint density at radius 1 is 1.11 bits per heavy atom. The molecule has 0 saturated carbocycles. The van der Waals surface area contributed by atoms with Crippen molar-refractivity contribution < 1.29 is 32.2 Å². The van der Waals surface area contributed by atoms with E-state index in [2.05, 4.69) is 31.1 Å². The largest absolute Gasteiger partial charge is 0.573 e. The molecule has 1 amide bonds. The van der Waals surface area contributed by atoms with Gasteiger partial charge >= 0.3 is 12.5 Å². The highest BCUT2D eigenvalue weighted by Gasteiger charge is 2.32. The molecule has 0 spiro atoms. The number of likely N-dealkylation sites (tertiary alicyclic amines) is 1. The van der Waals surface area contributed by atoms with Gasteiger partial charge in [-0.05, 0) is 59.6 Å². The van der Waals surface area contributed by atoms with Crippen LogP contribution in [-0.2, 0) is 4.74 Å². The number of fused-ring (bicyclic) bond motifs is 1. The molecule has 1 aliphatic heterocycles. The van der Waals surface area contributed by atoms with E-state index in [4.69, 9.17) is 9.47 Å². The Balaban J connectivity index is 1.40. The van der Waals surface area contributed by atoms with E-state index >= 15 is 0 Å². The monoisotopic (exact) mass is 612 g/mol. The molecule has 12 nitrogen and oxygen atoms in total. The summed E-state index contributed by atoms with van der Waals surface area (Å²) in [6, 6.07) is 6.72. The summed E-state index contributed by atoms with van der Waals surface area (Å²) in [5.41, 5.74) is 2.35. The van der Waals surface area contributed by atoms with Crippen molar-refractivity contribution in [2.24, 2.45) is 0 Å². The lowest BCUT2D eigenvalue weighted by molar-refractivity contribution is -0.274. The fraction of sp³-hybridized carbons (Fsp3) is 0.448.